The number of hydrogen-bond donors (Lipinski definition) is 2. The molecule has 2 aromatic carbocycles. The van der Waals surface area contributed by atoms with Crippen LogP contribution < -0.4 is 10.5 Å². The number of nitrogens with zero attached hydrogens (tertiary/aromatic N) is 1. The van der Waals surface area contributed by atoms with Crippen molar-refractivity contribution < 1.29 is 13.2 Å². The highest BCUT2D eigenvalue weighted by Gasteiger charge is 2.26. The Bertz CT molecular complexity index is 875. The third kappa shape index (κ3) is 5.29. The standard InChI is InChI=1S/C19H23N3O3S.ClH/c20-12-16-9-10-22(14-16)19(23)17-7-4-8-18(11-17)26(24,25)21-13-15-5-2-1-3-6-15;/h1-8,11,16,21H,9-10,12-14,20H2;1H. The molecular weight excluding hydrogens is 386 g/mol. The zero-order valence-electron chi connectivity index (χ0n) is 14.9. The number of amides is 1. The van der Waals surface area contributed by atoms with Crippen LogP contribution in [0, 0.1) is 5.92 Å². The lowest BCUT2D eigenvalue weighted by Crippen LogP contribution is -2.30. The molecule has 2 aromatic rings. The molecule has 0 saturated carbocycles. The summed E-state index contributed by atoms with van der Waals surface area (Å²) in [4.78, 5) is 14.5. The van der Waals surface area contributed by atoms with Gasteiger partial charge in [0.1, 0.15) is 0 Å². The third-order valence-corrected chi connectivity index (χ3v) is 6.01. The fraction of sp³-hybridized carbons (Fsp3) is 0.316. The molecule has 1 aliphatic heterocycles. The molecule has 0 aliphatic carbocycles. The molecule has 1 unspecified atom stereocenters. The number of carbonyl (C=O) groups excluding carboxylic acids is 1. The van der Waals surface area contributed by atoms with Crippen molar-refractivity contribution in [3.05, 3.63) is 65.7 Å². The monoisotopic (exact) mass is 409 g/mol. The van der Waals surface area contributed by atoms with Crippen molar-refractivity contribution in [1.82, 2.24) is 9.62 Å². The maximum absolute atomic E-state index is 12.6. The van der Waals surface area contributed by atoms with Crippen LogP contribution in [0.1, 0.15) is 22.3 Å². The Hall–Kier alpha value is -1.93. The van der Waals surface area contributed by atoms with Gasteiger partial charge in [0.25, 0.3) is 5.91 Å². The predicted molar refractivity (Wildman–Crippen MR) is 107 cm³/mol. The van der Waals surface area contributed by atoms with Crippen LogP contribution in [0.25, 0.3) is 0 Å². The molecule has 0 spiro atoms. The minimum absolute atomic E-state index is 0. The van der Waals surface area contributed by atoms with Gasteiger partial charge < -0.3 is 10.6 Å². The molecule has 1 atom stereocenters. The van der Waals surface area contributed by atoms with E-state index in [1.54, 1.807) is 17.0 Å². The molecule has 1 amide bonds. The Labute approximate surface area is 166 Å². The van der Waals surface area contributed by atoms with Crippen molar-refractivity contribution >= 4 is 28.3 Å². The number of benzene rings is 2. The number of hydrogen-bond acceptors (Lipinski definition) is 4. The van der Waals surface area contributed by atoms with Crippen molar-refractivity contribution in [3.8, 4) is 0 Å². The van der Waals surface area contributed by atoms with Crippen molar-refractivity contribution in [2.75, 3.05) is 19.6 Å². The molecule has 3 rings (SSSR count). The highest BCUT2D eigenvalue weighted by molar-refractivity contribution is 7.89. The van der Waals surface area contributed by atoms with Crippen LogP contribution in [0.2, 0.25) is 0 Å². The smallest absolute Gasteiger partial charge is 0.253 e. The second-order valence-electron chi connectivity index (χ2n) is 6.48. The van der Waals surface area contributed by atoms with E-state index in [9.17, 15) is 13.2 Å². The predicted octanol–water partition coefficient (Wildman–Crippen LogP) is 2.01. The molecule has 146 valence electrons. The number of sulfonamides is 1. The molecule has 0 radical (unpaired) electrons. The highest BCUT2D eigenvalue weighted by Crippen LogP contribution is 2.19. The van der Waals surface area contributed by atoms with Gasteiger partial charge in [0, 0.05) is 25.2 Å². The second kappa shape index (κ2) is 9.32. The zero-order valence-corrected chi connectivity index (χ0v) is 16.5. The van der Waals surface area contributed by atoms with Crippen molar-refractivity contribution in [2.24, 2.45) is 11.7 Å². The van der Waals surface area contributed by atoms with Crippen molar-refractivity contribution in [3.63, 3.8) is 0 Å². The summed E-state index contributed by atoms with van der Waals surface area (Å²) in [7, 11) is -3.69. The highest BCUT2D eigenvalue weighted by atomic mass is 35.5. The maximum atomic E-state index is 12.6. The summed E-state index contributed by atoms with van der Waals surface area (Å²) in [5.74, 6) is 0.166. The molecule has 1 saturated heterocycles. The van der Waals surface area contributed by atoms with E-state index in [0.717, 1.165) is 12.0 Å². The first kappa shape index (κ1) is 21.4. The lowest BCUT2D eigenvalue weighted by molar-refractivity contribution is 0.0787. The van der Waals surface area contributed by atoms with Gasteiger partial charge in [-0.15, -0.1) is 12.4 Å². The number of nitrogens with one attached hydrogen (secondary N) is 1. The number of nitrogens with two attached hydrogens (primary N) is 1. The van der Waals surface area contributed by atoms with E-state index in [0.29, 0.717) is 31.1 Å². The Morgan fingerprint density at radius 3 is 2.56 bits per heavy atom. The molecule has 1 heterocycles. The van der Waals surface area contributed by atoms with Gasteiger partial charge in [0.2, 0.25) is 10.0 Å². The summed E-state index contributed by atoms with van der Waals surface area (Å²) < 4.78 is 27.7. The van der Waals surface area contributed by atoms with Crippen LogP contribution in [0.15, 0.2) is 59.5 Å². The normalized spacial score (nSPS) is 16.8. The Morgan fingerprint density at radius 1 is 1.15 bits per heavy atom. The first-order valence-corrected chi connectivity index (χ1v) is 10.1. The Kier molecular flexibility index (Phi) is 7.38. The van der Waals surface area contributed by atoms with Gasteiger partial charge in [0.15, 0.2) is 0 Å². The zero-order chi connectivity index (χ0) is 18.6. The van der Waals surface area contributed by atoms with Gasteiger partial charge in [-0.25, -0.2) is 13.1 Å². The van der Waals surface area contributed by atoms with E-state index < -0.39 is 10.0 Å². The summed E-state index contributed by atoms with van der Waals surface area (Å²) in [6.07, 6.45) is 0.888. The first-order valence-electron chi connectivity index (χ1n) is 8.62. The van der Waals surface area contributed by atoms with Crippen molar-refractivity contribution in [2.45, 2.75) is 17.9 Å². The van der Waals surface area contributed by atoms with Crippen LogP contribution in [-0.4, -0.2) is 38.9 Å². The minimum Gasteiger partial charge on any atom is -0.338 e. The molecule has 8 heteroatoms. The maximum Gasteiger partial charge on any atom is 0.253 e. The van der Waals surface area contributed by atoms with Crippen LogP contribution in [0.4, 0.5) is 0 Å². The van der Waals surface area contributed by atoms with Crippen LogP contribution in [0.3, 0.4) is 0 Å². The third-order valence-electron chi connectivity index (χ3n) is 4.61. The van der Waals surface area contributed by atoms with E-state index in [2.05, 4.69) is 4.72 Å². The van der Waals surface area contributed by atoms with Gasteiger partial charge in [0.05, 0.1) is 4.90 Å². The molecule has 0 bridgehead atoms. The SMILES string of the molecule is Cl.NCC1CCN(C(=O)c2cccc(S(=O)(=O)NCc3ccccc3)c2)C1. The van der Waals surface area contributed by atoms with Crippen LogP contribution in [0.5, 0.6) is 0 Å². The Balaban J connectivity index is 0.00000261. The van der Waals surface area contributed by atoms with E-state index in [4.69, 9.17) is 5.73 Å². The van der Waals surface area contributed by atoms with E-state index in [1.807, 2.05) is 30.3 Å². The van der Waals surface area contributed by atoms with E-state index >= 15 is 0 Å². The van der Waals surface area contributed by atoms with Gasteiger partial charge >= 0.3 is 0 Å². The number of likely N-dealkylation sites (tertiary alicyclic amines) is 1. The lowest BCUT2D eigenvalue weighted by Gasteiger charge is -2.17. The molecule has 27 heavy (non-hydrogen) atoms. The van der Waals surface area contributed by atoms with E-state index in [-0.39, 0.29) is 29.8 Å². The fourth-order valence-corrected chi connectivity index (χ4v) is 4.11. The lowest BCUT2D eigenvalue weighted by atomic mass is 10.1. The number of halogens is 1. The number of carbonyl (C=O) groups is 1. The fourth-order valence-electron chi connectivity index (χ4n) is 3.05. The largest absolute Gasteiger partial charge is 0.338 e. The van der Waals surface area contributed by atoms with Crippen LogP contribution in [-0.2, 0) is 16.6 Å². The second-order valence-corrected chi connectivity index (χ2v) is 8.25. The van der Waals surface area contributed by atoms with Gasteiger partial charge in [-0.2, -0.15) is 0 Å². The first-order chi connectivity index (χ1) is 12.5. The van der Waals surface area contributed by atoms with Gasteiger partial charge in [-0.1, -0.05) is 36.4 Å². The molecule has 3 N–H and O–H groups in total. The van der Waals surface area contributed by atoms with Crippen molar-refractivity contribution in [1.29, 1.82) is 0 Å². The summed E-state index contributed by atoms with van der Waals surface area (Å²) in [6, 6.07) is 15.5. The quantitative estimate of drug-likeness (QED) is 0.763. The minimum atomic E-state index is -3.69. The molecular formula is C19H24ClN3O3S. The Morgan fingerprint density at radius 2 is 1.89 bits per heavy atom. The van der Waals surface area contributed by atoms with Gasteiger partial charge in [-0.05, 0) is 42.6 Å². The molecule has 1 fully saturated rings. The molecule has 1 aliphatic rings. The molecule has 6 nitrogen and oxygen atoms in total. The average Bonchev–Trinajstić information content (AvgIpc) is 3.16. The average molecular weight is 410 g/mol. The summed E-state index contributed by atoms with van der Waals surface area (Å²) >= 11 is 0. The van der Waals surface area contributed by atoms with Crippen LogP contribution >= 0.6 is 12.4 Å². The summed E-state index contributed by atoms with van der Waals surface area (Å²) in [5, 5.41) is 0. The molecule has 0 aromatic heterocycles. The van der Waals surface area contributed by atoms with Gasteiger partial charge in [-0.3, -0.25) is 4.79 Å². The summed E-state index contributed by atoms with van der Waals surface area (Å²) in [5.41, 5.74) is 6.92. The number of rotatable bonds is 6. The topological polar surface area (TPSA) is 92.5 Å². The van der Waals surface area contributed by atoms with E-state index in [1.165, 1.54) is 12.1 Å². The summed E-state index contributed by atoms with van der Waals surface area (Å²) in [6.45, 7) is 2.04.